The second-order valence-electron chi connectivity index (χ2n) is 8.53. The van der Waals surface area contributed by atoms with E-state index in [1.54, 1.807) is 17.3 Å². The second kappa shape index (κ2) is 8.15. The van der Waals surface area contributed by atoms with Crippen molar-refractivity contribution in [2.75, 3.05) is 24.5 Å². The lowest BCUT2D eigenvalue weighted by atomic mass is 9.93. The fourth-order valence-corrected chi connectivity index (χ4v) is 4.95. The van der Waals surface area contributed by atoms with Gasteiger partial charge in [-0.2, -0.15) is 0 Å². The molecule has 3 aromatic rings. The summed E-state index contributed by atoms with van der Waals surface area (Å²) in [6.45, 7) is 2.22. The molecule has 5 rings (SSSR count). The van der Waals surface area contributed by atoms with Crippen molar-refractivity contribution < 1.29 is 9.59 Å². The summed E-state index contributed by atoms with van der Waals surface area (Å²) in [5.74, 6) is -0.273. The number of amides is 1. The third-order valence-electron chi connectivity index (χ3n) is 6.78. The van der Waals surface area contributed by atoms with Crippen molar-refractivity contribution in [1.82, 2.24) is 14.9 Å². The van der Waals surface area contributed by atoms with Crippen LogP contribution in [0.1, 0.15) is 29.6 Å². The third-order valence-corrected chi connectivity index (χ3v) is 6.78. The monoisotopic (exact) mass is 417 g/mol. The number of anilines is 1. The molecule has 2 aliphatic rings. The van der Waals surface area contributed by atoms with Crippen LogP contribution >= 0.6 is 0 Å². The van der Waals surface area contributed by atoms with Gasteiger partial charge in [-0.05, 0) is 48.9 Å². The van der Waals surface area contributed by atoms with Crippen molar-refractivity contribution >= 4 is 28.3 Å². The van der Waals surface area contributed by atoms with Gasteiger partial charge in [-0.1, -0.05) is 12.1 Å². The molecule has 0 bridgehead atoms. The molecule has 7 nitrogen and oxygen atoms in total. The van der Waals surface area contributed by atoms with Gasteiger partial charge in [0.25, 0.3) is 0 Å². The summed E-state index contributed by atoms with van der Waals surface area (Å²) >= 11 is 0. The SMILES string of the molecule is NC1C(C(=O)c2ccc3cc[nH]c3c2)CCN1C(=O)C1CCN(c2ccncc2)CC1. The number of nitrogens with one attached hydrogen (secondary N) is 1. The molecule has 1 amide bonds. The normalized spacial score (nSPS) is 22.2. The van der Waals surface area contributed by atoms with E-state index >= 15 is 0 Å². The summed E-state index contributed by atoms with van der Waals surface area (Å²) in [5, 5.41) is 1.07. The number of rotatable bonds is 4. The molecule has 2 fully saturated rings. The maximum Gasteiger partial charge on any atom is 0.227 e. The van der Waals surface area contributed by atoms with E-state index in [0.717, 1.165) is 42.5 Å². The third kappa shape index (κ3) is 3.70. The number of benzene rings is 1. The highest BCUT2D eigenvalue weighted by atomic mass is 16.2. The van der Waals surface area contributed by atoms with E-state index in [0.29, 0.717) is 18.5 Å². The van der Waals surface area contributed by atoms with Gasteiger partial charge in [0.1, 0.15) is 0 Å². The molecule has 2 unspecified atom stereocenters. The summed E-state index contributed by atoms with van der Waals surface area (Å²) in [4.78, 5) is 37.6. The van der Waals surface area contributed by atoms with Crippen LogP contribution in [-0.4, -0.2) is 52.4 Å². The number of hydrogen-bond acceptors (Lipinski definition) is 5. The number of pyridine rings is 1. The summed E-state index contributed by atoms with van der Waals surface area (Å²) < 4.78 is 0. The van der Waals surface area contributed by atoms with Crippen molar-refractivity contribution in [3.05, 3.63) is 60.6 Å². The number of aromatic nitrogens is 2. The molecule has 1 aromatic carbocycles. The Bertz CT molecular complexity index is 1090. The predicted octanol–water partition coefficient (Wildman–Crippen LogP) is 2.80. The van der Waals surface area contributed by atoms with Crippen LogP contribution in [-0.2, 0) is 4.79 Å². The smallest absolute Gasteiger partial charge is 0.227 e. The number of fused-ring (bicyclic) bond motifs is 1. The molecule has 0 spiro atoms. The molecule has 0 radical (unpaired) electrons. The van der Waals surface area contributed by atoms with E-state index in [1.807, 2.05) is 42.6 Å². The Kier molecular flexibility index (Phi) is 5.19. The standard InChI is InChI=1S/C24H27N5O2/c25-23-20(22(30)18-2-1-16-3-11-27-21(16)15-18)8-14-29(23)24(31)17-6-12-28(13-7-17)19-4-9-26-10-5-19/h1-5,9-11,15,17,20,23,27H,6-8,12-14,25H2. The minimum atomic E-state index is -0.558. The van der Waals surface area contributed by atoms with Crippen molar-refractivity contribution in [3.63, 3.8) is 0 Å². The zero-order chi connectivity index (χ0) is 21.4. The minimum absolute atomic E-state index is 0.0202. The van der Waals surface area contributed by atoms with Gasteiger partial charge < -0.3 is 20.5 Å². The molecule has 3 N–H and O–H groups in total. The number of carbonyl (C=O) groups is 2. The Balaban J connectivity index is 1.22. The van der Waals surface area contributed by atoms with Gasteiger partial charge in [0.05, 0.1) is 12.1 Å². The first-order valence-electron chi connectivity index (χ1n) is 10.9. The van der Waals surface area contributed by atoms with E-state index < -0.39 is 6.17 Å². The molecule has 2 atom stereocenters. The number of hydrogen-bond donors (Lipinski definition) is 2. The minimum Gasteiger partial charge on any atom is -0.371 e. The number of likely N-dealkylation sites (tertiary alicyclic amines) is 1. The van der Waals surface area contributed by atoms with Crippen LogP contribution in [0.2, 0.25) is 0 Å². The molecule has 2 aliphatic heterocycles. The summed E-state index contributed by atoms with van der Waals surface area (Å²) in [5.41, 5.74) is 9.17. The van der Waals surface area contributed by atoms with Crippen LogP contribution in [0.15, 0.2) is 55.0 Å². The van der Waals surface area contributed by atoms with Crippen LogP contribution in [0.4, 0.5) is 5.69 Å². The maximum absolute atomic E-state index is 13.2. The first kappa shape index (κ1) is 19.8. The second-order valence-corrected chi connectivity index (χ2v) is 8.53. The number of carbonyl (C=O) groups excluding carboxylic acids is 2. The van der Waals surface area contributed by atoms with Gasteiger partial charge in [-0.15, -0.1) is 0 Å². The molecule has 0 aliphatic carbocycles. The van der Waals surface area contributed by atoms with E-state index in [-0.39, 0.29) is 23.5 Å². The van der Waals surface area contributed by atoms with Gasteiger partial charge in [0, 0.05) is 60.9 Å². The van der Waals surface area contributed by atoms with Crippen LogP contribution in [0.5, 0.6) is 0 Å². The number of Topliss-reactive ketones (excluding diaryl/α,β-unsaturated/α-hetero) is 1. The molecule has 4 heterocycles. The number of nitrogens with zero attached hydrogens (tertiary/aromatic N) is 3. The molecule has 0 saturated carbocycles. The van der Waals surface area contributed by atoms with Gasteiger partial charge in [0.2, 0.25) is 5.91 Å². The summed E-state index contributed by atoms with van der Waals surface area (Å²) in [6.07, 6.45) is 7.10. The Hall–Kier alpha value is -3.19. The fourth-order valence-electron chi connectivity index (χ4n) is 4.95. The first-order valence-corrected chi connectivity index (χ1v) is 10.9. The number of ketones is 1. The Labute approximate surface area is 181 Å². The Morgan fingerprint density at radius 1 is 1.00 bits per heavy atom. The van der Waals surface area contributed by atoms with Crippen molar-refractivity contribution in [2.45, 2.75) is 25.4 Å². The van der Waals surface area contributed by atoms with E-state index in [1.165, 1.54) is 0 Å². The van der Waals surface area contributed by atoms with Gasteiger partial charge in [-0.25, -0.2) is 0 Å². The highest BCUT2D eigenvalue weighted by molar-refractivity contribution is 6.01. The molecular formula is C24H27N5O2. The molecule has 2 saturated heterocycles. The largest absolute Gasteiger partial charge is 0.371 e. The van der Waals surface area contributed by atoms with Gasteiger partial charge in [0.15, 0.2) is 5.78 Å². The lowest BCUT2D eigenvalue weighted by molar-refractivity contribution is -0.137. The number of nitrogens with two attached hydrogens (primary N) is 1. The van der Waals surface area contributed by atoms with Gasteiger partial charge in [-0.3, -0.25) is 14.6 Å². The molecule has 31 heavy (non-hydrogen) atoms. The van der Waals surface area contributed by atoms with Crippen LogP contribution in [0, 0.1) is 11.8 Å². The lowest BCUT2D eigenvalue weighted by Crippen LogP contribution is -2.49. The fraction of sp³-hybridized carbons (Fsp3) is 0.375. The highest BCUT2D eigenvalue weighted by Crippen LogP contribution is 2.30. The Morgan fingerprint density at radius 2 is 1.77 bits per heavy atom. The summed E-state index contributed by atoms with van der Waals surface area (Å²) in [7, 11) is 0. The highest BCUT2D eigenvalue weighted by Gasteiger charge is 2.41. The summed E-state index contributed by atoms with van der Waals surface area (Å²) in [6, 6.07) is 11.6. The molecule has 7 heteroatoms. The molecule has 2 aromatic heterocycles. The average molecular weight is 418 g/mol. The maximum atomic E-state index is 13.2. The zero-order valence-corrected chi connectivity index (χ0v) is 17.4. The number of aromatic amines is 1. The van der Waals surface area contributed by atoms with Gasteiger partial charge >= 0.3 is 0 Å². The van der Waals surface area contributed by atoms with E-state index in [4.69, 9.17) is 5.73 Å². The van der Waals surface area contributed by atoms with E-state index in [2.05, 4.69) is 14.9 Å². The van der Waals surface area contributed by atoms with E-state index in [9.17, 15) is 9.59 Å². The Morgan fingerprint density at radius 3 is 2.55 bits per heavy atom. The average Bonchev–Trinajstić information content (AvgIpc) is 3.44. The molecule has 160 valence electrons. The zero-order valence-electron chi connectivity index (χ0n) is 17.4. The predicted molar refractivity (Wildman–Crippen MR) is 120 cm³/mol. The lowest BCUT2D eigenvalue weighted by Gasteiger charge is -2.35. The molecular weight excluding hydrogens is 390 g/mol. The topological polar surface area (TPSA) is 95.3 Å². The number of piperidine rings is 1. The van der Waals surface area contributed by atoms with Crippen molar-refractivity contribution in [2.24, 2.45) is 17.6 Å². The van der Waals surface area contributed by atoms with Crippen LogP contribution in [0.3, 0.4) is 0 Å². The quantitative estimate of drug-likeness (QED) is 0.637. The van der Waals surface area contributed by atoms with Crippen LogP contribution < -0.4 is 10.6 Å². The number of H-pyrrole nitrogens is 1. The first-order chi connectivity index (χ1) is 15.1. The van der Waals surface area contributed by atoms with Crippen molar-refractivity contribution in [1.29, 1.82) is 0 Å². The van der Waals surface area contributed by atoms with Crippen LogP contribution in [0.25, 0.3) is 10.9 Å². The van der Waals surface area contributed by atoms with Crippen molar-refractivity contribution in [3.8, 4) is 0 Å².